The van der Waals surface area contributed by atoms with Gasteiger partial charge in [0.05, 0.1) is 11.6 Å². The maximum Gasteiger partial charge on any atom is 0.174 e. The van der Waals surface area contributed by atoms with E-state index in [1.807, 2.05) is 36.4 Å². The summed E-state index contributed by atoms with van der Waals surface area (Å²) in [4.78, 5) is 6.54. The highest BCUT2D eigenvalue weighted by molar-refractivity contribution is 6.30. The van der Waals surface area contributed by atoms with Crippen molar-refractivity contribution in [3.05, 3.63) is 51.7 Å². The Morgan fingerprint density at radius 3 is 2.61 bits per heavy atom. The zero-order valence-electron chi connectivity index (χ0n) is 15.1. The van der Waals surface area contributed by atoms with Crippen LogP contribution in [0, 0.1) is 34.0 Å². The lowest BCUT2D eigenvalue weighted by Crippen LogP contribution is -2.31. The van der Waals surface area contributed by atoms with Crippen molar-refractivity contribution in [2.24, 2.45) is 0 Å². The summed E-state index contributed by atoms with van der Waals surface area (Å²) in [5.41, 5.74) is 3.34. The number of anilines is 1. The molecule has 0 fully saturated rings. The third-order valence-corrected chi connectivity index (χ3v) is 4.78. The molecule has 2 heterocycles. The molecule has 0 saturated heterocycles. The molecule has 1 aliphatic rings. The van der Waals surface area contributed by atoms with Crippen molar-refractivity contribution in [3.63, 3.8) is 0 Å². The van der Waals surface area contributed by atoms with E-state index in [1.165, 1.54) is 0 Å². The number of nitrogens with one attached hydrogen (secondary N) is 1. The highest BCUT2D eigenvalue weighted by Gasteiger charge is 2.25. The predicted molar refractivity (Wildman–Crippen MR) is 103 cm³/mol. The minimum atomic E-state index is 0.0253. The van der Waals surface area contributed by atoms with E-state index in [2.05, 4.69) is 21.3 Å². The molecular weight excluding hydrogens is 376 g/mol. The van der Waals surface area contributed by atoms with E-state index in [1.54, 1.807) is 0 Å². The Hall–Kier alpha value is -3.31. The molecule has 1 aliphatic heterocycles. The van der Waals surface area contributed by atoms with Crippen LogP contribution in [0.5, 0.6) is 5.75 Å². The lowest BCUT2D eigenvalue weighted by Gasteiger charge is -2.30. The SMILES string of the molecule is N#CCNc1nc(Cl)c(C#N)c2c1CN(Cc1ccc(OCC#N)cc1)CC2. The van der Waals surface area contributed by atoms with Crippen LogP contribution in [0.1, 0.15) is 22.3 Å². The smallest absolute Gasteiger partial charge is 0.174 e. The molecule has 1 aromatic heterocycles. The molecule has 2 aromatic rings. The van der Waals surface area contributed by atoms with Gasteiger partial charge in [0.2, 0.25) is 0 Å². The van der Waals surface area contributed by atoms with E-state index in [0.717, 1.165) is 29.8 Å². The van der Waals surface area contributed by atoms with Crippen LogP contribution in [-0.4, -0.2) is 29.6 Å². The predicted octanol–water partition coefficient (Wildman–Crippen LogP) is 3.00. The van der Waals surface area contributed by atoms with Crippen LogP contribution in [0.4, 0.5) is 5.82 Å². The van der Waals surface area contributed by atoms with Crippen molar-refractivity contribution in [1.29, 1.82) is 15.8 Å². The fourth-order valence-electron chi connectivity index (χ4n) is 3.24. The minimum Gasteiger partial charge on any atom is -0.479 e. The third-order valence-electron chi connectivity index (χ3n) is 4.51. The van der Waals surface area contributed by atoms with Crippen LogP contribution in [0.15, 0.2) is 24.3 Å². The molecule has 0 unspecified atom stereocenters. The zero-order valence-corrected chi connectivity index (χ0v) is 15.8. The van der Waals surface area contributed by atoms with Crippen LogP contribution >= 0.6 is 11.6 Å². The van der Waals surface area contributed by atoms with Crippen LogP contribution in [0.3, 0.4) is 0 Å². The number of ether oxygens (including phenoxy) is 1. The molecule has 28 heavy (non-hydrogen) atoms. The number of nitrogens with zero attached hydrogens (tertiary/aromatic N) is 5. The number of aromatic nitrogens is 1. The average molecular weight is 393 g/mol. The van der Waals surface area contributed by atoms with E-state index < -0.39 is 0 Å². The number of fused-ring (bicyclic) bond motifs is 1. The standard InChI is InChI=1S/C20H17ClN6O/c21-19-17(11-24)16-5-9-27(13-18(16)20(26-19)25-8-6-22)12-14-1-3-15(4-2-14)28-10-7-23/h1-4H,5,8-10,12-13H2,(H,25,26). The highest BCUT2D eigenvalue weighted by Crippen LogP contribution is 2.32. The van der Waals surface area contributed by atoms with Gasteiger partial charge in [0, 0.05) is 25.2 Å². The number of rotatable bonds is 6. The molecule has 1 N–H and O–H groups in total. The summed E-state index contributed by atoms with van der Waals surface area (Å²) >= 11 is 6.16. The summed E-state index contributed by atoms with van der Waals surface area (Å²) in [5.74, 6) is 1.22. The summed E-state index contributed by atoms with van der Waals surface area (Å²) in [6.07, 6.45) is 0.686. The van der Waals surface area contributed by atoms with Crippen molar-refractivity contribution >= 4 is 17.4 Å². The van der Waals surface area contributed by atoms with Crippen LogP contribution < -0.4 is 10.1 Å². The second kappa shape index (κ2) is 9.06. The Balaban J connectivity index is 1.79. The average Bonchev–Trinajstić information content (AvgIpc) is 2.72. The molecule has 3 rings (SSSR count). The summed E-state index contributed by atoms with van der Waals surface area (Å²) in [5, 5.41) is 30.0. The fraction of sp³-hybridized carbons (Fsp3) is 0.300. The van der Waals surface area contributed by atoms with Crippen LogP contribution in [-0.2, 0) is 19.5 Å². The van der Waals surface area contributed by atoms with E-state index in [9.17, 15) is 5.26 Å². The molecule has 0 spiro atoms. The molecule has 0 atom stereocenters. The second-order valence-corrected chi connectivity index (χ2v) is 6.62. The lowest BCUT2D eigenvalue weighted by molar-refractivity contribution is 0.245. The largest absolute Gasteiger partial charge is 0.479 e. The highest BCUT2D eigenvalue weighted by atomic mass is 35.5. The number of nitriles is 3. The van der Waals surface area contributed by atoms with Crippen molar-refractivity contribution in [2.45, 2.75) is 19.5 Å². The Kier molecular flexibility index (Phi) is 6.29. The van der Waals surface area contributed by atoms with E-state index in [4.69, 9.17) is 26.9 Å². The maximum atomic E-state index is 9.44. The van der Waals surface area contributed by atoms with Crippen LogP contribution in [0.25, 0.3) is 0 Å². The minimum absolute atomic E-state index is 0.0253. The van der Waals surface area contributed by atoms with Crippen molar-refractivity contribution in [1.82, 2.24) is 9.88 Å². The third kappa shape index (κ3) is 4.32. The van der Waals surface area contributed by atoms with Gasteiger partial charge < -0.3 is 10.1 Å². The number of benzene rings is 1. The first kappa shape index (κ1) is 19.5. The summed E-state index contributed by atoms with van der Waals surface area (Å²) in [7, 11) is 0. The zero-order chi connectivity index (χ0) is 19.9. The van der Waals surface area contributed by atoms with Gasteiger partial charge in [-0.3, -0.25) is 4.90 Å². The summed E-state index contributed by atoms with van der Waals surface area (Å²) < 4.78 is 5.28. The van der Waals surface area contributed by atoms with E-state index in [-0.39, 0.29) is 18.3 Å². The lowest BCUT2D eigenvalue weighted by atomic mass is 9.96. The van der Waals surface area contributed by atoms with Crippen molar-refractivity contribution in [3.8, 4) is 24.0 Å². The molecule has 140 valence electrons. The first-order chi connectivity index (χ1) is 13.7. The molecule has 8 heteroatoms. The monoisotopic (exact) mass is 392 g/mol. The number of hydrogen-bond donors (Lipinski definition) is 1. The van der Waals surface area contributed by atoms with Crippen molar-refractivity contribution < 1.29 is 4.74 Å². The molecule has 1 aromatic carbocycles. The summed E-state index contributed by atoms with van der Waals surface area (Å²) in [6.45, 7) is 2.25. The molecule has 0 radical (unpaired) electrons. The normalized spacial score (nSPS) is 12.9. The molecular formula is C20H17ClN6O. The fourth-order valence-corrected chi connectivity index (χ4v) is 3.48. The Bertz CT molecular complexity index is 984. The van der Waals surface area contributed by atoms with Gasteiger partial charge in [-0.1, -0.05) is 23.7 Å². The second-order valence-electron chi connectivity index (χ2n) is 6.26. The van der Waals surface area contributed by atoms with Gasteiger partial charge in [-0.05, 0) is 29.7 Å². The maximum absolute atomic E-state index is 9.44. The first-order valence-corrected chi connectivity index (χ1v) is 9.07. The molecule has 0 saturated carbocycles. The number of halogens is 1. The van der Waals surface area contributed by atoms with Gasteiger partial charge in [-0.25, -0.2) is 4.98 Å². The number of hydrogen-bond acceptors (Lipinski definition) is 7. The molecule has 0 aliphatic carbocycles. The molecule has 0 amide bonds. The van der Waals surface area contributed by atoms with Gasteiger partial charge in [0.15, 0.2) is 6.61 Å². The topological polar surface area (TPSA) is 109 Å². The van der Waals surface area contributed by atoms with E-state index in [0.29, 0.717) is 30.1 Å². The van der Waals surface area contributed by atoms with Gasteiger partial charge in [-0.2, -0.15) is 15.8 Å². The van der Waals surface area contributed by atoms with Gasteiger partial charge in [0.1, 0.15) is 35.4 Å². The molecule has 0 bridgehead atoms. The Morgan fingerprint density at radius 2 is 1.93 bits per heavy atom. The quantitative estimate of drug-likeness (QED) is 0.594. The number of pyridine rings is 1. The van der Waals surface area contributed by atoms with Crippen molar-refractivity contribution in [2.75, 3.05) is 25.0 Å². The van der Waals surface area contributed by atoms with Gasteiger partial charge in [0.25, 0.3) is 0 Å². The Labute approximate surface area is 168 Å². The molecule has 7 nitrogen and oxygen atoms in total. The van der Waals surface area contributed by atoms with Crippen LogP contribution in [0.2, 0.25) is 5.15 Å². The van der Waals surface area contributed by atoms with Gasteiger partial charge in [-0.15, -0.1) is 0 Å². The van der Waals surface area contributed by atoms with E-state index >= 15 is 0 Å². The summed E-state index contributed by atoms with van der Waals surface area (Å²) in [6, 6.07) is 13.8. The first-order valence-electron chi connectivity index (χ1n) is 8.69. The Morgan fingerprint density at radius 1 is 1.14 bits per heavy atom. The van der Waals surface area contributed by atoms with Gasteiger partial charge >= 0.3 is 0 Å².